The third kappa shape index (κ3) is 4.76. The maximum atomic E-state index is 14.0. The zero-order valence-corrected chi connectivity index (χ0v) is 14.8. The van der Waals surface area contributed by atoms with Crippen LogP contribution in [0.1, 0.15) is 5.56 Å². The number of hydrogen-bond acceptors (Lipinski definition) is 4. The second-order valence-electron chi connectivity index (χ2n) is 5.57. The predicted octanol–water partition coefficient (Wildman–Crippen LogP) is 2.84. The lowest BCUT2D eigenvalue weighted by atomic mass is 10.2. The van der Waals surface area contributed by atoms with Gasteiger partial charge in [0.2, 0.25) is 0 Å². The molecule has 0 aliphatic heterocycles. The van der Waals surface area contributed by atoms with Gasteiger partial charge in [0.05, 0.1) is 32.1 Å². The quantitative estimate of drug-likeness (QED) is 0.622. The summed E-state index contributed by atoms with van der Waals surface area (Å²) >= 11 is 0. The lowest BCUT2D eigenvalue weighted by Crippen LogP contribution is -2.23. The van der Waals surface area contributed by atoms with Crippen molar-refractivity contribution in [1.82, 2.24) is 0 Å². The van der Waals surface area contributed by atoms with Gasteiger partial charge >= 0.3 is 0 Å². The first kappa shape index (κ1) is 18.4. The van der Waals surface area contributed by atoms with E-state index in [1.807, 2.05) is 6.07 Å². The first-order valence-corrected chi connectivity index (χ1v) is 7.69. The first-order valence-electron chi connectivity index (χ1n) is 7.69. The van der Waals surface area contributed by atoms with Crippen LogP contribution < -0.4 is 25.4 Å². The molecule has 2 rings (SSSR count). The molecule has 7 heteroatoms. The number of nitrogens with one attached hydrogen (secondary N) is 1. The van der Waals surface area contributed by atoms with Gasteiger partial charge in [0.15, 0.2) is 5.96 Å². The van der Waals surface area contributed by atoms with Crippen molar-refractivity contribution in [3.8, 4) is 11.5 Å². The summed E-state index contributed by atoms with van der Waals surface area (Å²) in [6.07, 6.45) is 0. The Hall–Kier alpha value is -2.96. The van der Waals surface area contributed by atoms with Crippen molar-refractivity contribution in [2.75, 3.05) is 38.5 Å². The van der Waals surface area contributed by atoms with E-state index in [-0.39, 0.29) is 18.3 Å². The Bertz CT molecular complexity index is 763. The summed E-state index contributed by atoms with van der Waals surface area (Å²) in [5, 5.41) is 2.97. The highest BCUT2D eigenvalue weighted by Gasteiger charge is 2.07. The van der Waals surface area contributed by atoms with Crippen molar-refractivity contribution >= 4 is 17.3 Å². The highest BCUT2D eigenvalue weighted by atomic mass is 19.1. The molecule has 6 nitrogen and oxygen atoms in total. The number of ether oxygens (including phenoxy) is 2. The average molecular weight is 346 g/mol. The number of halogens is 1. The molecule has 0 aliphatic rings. The molecule has 2 aromatic carbocycles. The molecular formula is C18H23FN4O2. The number of nitrogens with zero attached hydrogens (tertiary/aromatic N) is 2. The van der Waals surface area contributed by atoms with Crippen LogP contribution in [0.2, 0.25) is 0 Å². The summed E-state index contributed by atoms with van der Waals surface area (Å²) in [6.45, 7) is 0.260. The van der Waals surface area contributed by atoms with Crippen molar-refractivity contribution in [3.63, 3.8) is 0 Å². The molecule has 0 unspecified atom stereocenters. The van der Waals surface area contributed by atoms with Gasteiger partial charge in [-0.05, 0) is 29.8 Å². The number of hydrogen-bond donors (Lipinski definition) is 2. The number of benzene rings is 2. The van der Waals surface area contributed by atoms with E-state index < -0.39 is 0 Å². The van der Waals surface area contributed by atoms with Crippen molar-refractivity contribution < 1.29 is 13.9 Å². The van der Waals surface area contributed by atoms with Crippen molar-refractivity contribution in [2.24, 2.45) is 10.7 Å². The lowest BCUT2D eigenvalue weighted by molar-refractivity contribution is 0.405. The second kappa shape index (κ2) is 8.23. The average Bonchev–Trinajstić information content (AvgIpc) is 2.59. The van der Waals surface area contributed by atoms with E-state index in [0.717, 1.165) is 5.56 Å². The largest absolute Gasteiger partial charge is 0.497 e. The third-order valence-corrected chi connectivity index (χ3v) is 3.60. The van der Waals surface area contributed by atoms with Crippen LogP contribution in [-0.2, 0) is 6.54 Å². The number of nitrogens with two attached hydrogens (primary N) is 1. The minimum absolute atomic E-state index is 0.198. The molecule has 0 aliphatic carbocycles. The van der Waals surface area contributed by atoms with Crippen LogP contribution >= 0.6 is 0 Å². The van der Waals surface area contributed by atoms with E-state index in [9.17, 15) is 4.39 Å². The van der Waals surface area contributed by atoms with Crippen LogP contribution in [-0.4, -0.2) is 34.3 Å². The molecule has 0 spiro atoms. The summed E-state index contributed by atoms with van der Waals surface area (Å²) in [4.78, 5) is 5.96. The number of aliphatic imine (C=N–C) groups is 1. The topological polar surface area (TPSA) is 72.1 Å². The van der Waals surface area contributed by atoms with Gasteiger partial charge in [-0.3, -0.25) is 0 Å². The highest BCUT2D eigenvalue weighted by molar-refractivity contribution is 5.94. The van der Waals surface area contributed by atoms with Gasteiger partial charge in [-0.15, -0.1) is 0 Å². The molecule has 0 saturated heterocycles. The molecule has 0 aromatic heterocycles. The Kier molecular flexibility index (Phi) is 6.05. The van der Waals surface area contributed by atoms with E-state index in [4.69, 9.17) is 15.2 Å². The maximum absolute atomic E-state index is 14.0. The Balaban J connectivity index is 2.11. The summed E-state index contributed by atoms with van der Waals surface area (Å²) in [5.41, 5.74) is 7.82. The maximum Gasteiger partial charge on any atom is 0.193 e. The number of guanidine groups is 1. The number of rotatable bonds is 6. The van der Waals surface area contributed by atoms with Gasteiger partial charge in [-0.25, -0.2) is 9.38 Å². The summed E-state index contributed by atoms with van der Waals surface area (Å²) < 4.78 is 24.5. The van der Waals surface area contributed by atoms with Gasteiger partial charge in [0, 0.05) is 20.2 Å². The molecule has 0 bridgehead atoms. The molecule has 25 heavy (non-hydrogen) atoms. The Morgan fingerprint density at radius 1 is 1.16 bits per heavy atom. The molecule has 0 heterocycles. The van der Waals surface area contributed by atoms with E-state index in [1.54, 1.807) is 57.5 Å². The van der Waals surface area contributed by atoms with E-state index >= 15 is 0 Å². The molecule has 134 valence electrons. The SMILES string of the molecule is COc1ccc(OC)c(NC(N)=NCc2ccc(N(C)C)c(F)c2)c1. The van der Waals surface area contributed by atoms with E-state index in [0.29, 0.717) is 22.9 Å². The molecule has 0 atom stereocenters. The van der Waals surface area contributed by atoms with Crippen LogP contribution in [0.25, 0.3) is 0 Å². The van der Waals surface area contributed by atoms with Gasteiger partial charge in [-0.1, -0.05) is 6.07 Å². The smallest absolute Gasteiger partial charge is 0.193 e. The standard InChI is InChI=1S/C18H23FN4O2/c1-23(2)16-7-5-12(9-14(16)19)11-21-18(20)22-15-10-13(24-3)6-8-17(15)25-4/h5-10H,11H2,1-4H3,(H3,20,21,22). The van der Waals surface area contributed by atoms with Crippen LogP contribution in [0.4, 0.5) is 15.8 Å². The second-order valence-corrected chi connectivity index (χ2v) is 5.57. The minimum atomic E-state index is -0.293. The van der Waals surface area contributed by atoms with Gasteiger partial charge < -0.3 is 25.4 Å². The molecule has 0 amide bonds. The van der Waals surface area contributed by atoms with Crippen LogP contribution in [0, 0.1) is 5.82 Å². The molecule has 3 N–H and O–H groups in total. The van der Waals surface area contributed by atoms with Gasteiger partial charge in [0.25, 0.3) is 0 Å². The van der Waals surface area contributed by atoms with Crippen molar-refractivity contribution in [1.29, 1.82) is 0 Å². The van der Waals surface area contributed by atoms with Crippen LogP contribution in [0.3, 0.4) is 0 Å². The van der Waals surface area contributed by atoms with Crippen molar-refractivity contribution in [2.45, 2.75) is 6.54 Å². The zero-order chi connectivity index (χ0) is 18.4. The molecule has 0 saturated carbocycles. The lowest BCUT2D eigenvalue weighted by Gasteiger charge is -2.14. The highest BCUT2D eigenvalue weighted by Crippen LogP contribution is 2.28. The van der Waals surface area contributed by atoms with Gasteiger partial charge in [-0.2, -0.15) is 0 Å². The Morgan fingerprint density at radius 3 is 2.52 bits per heavy atom. The normalized spacial score (nSPS) is 11.2. The first-order chi connectivity index (χ1) is 11.9. The fraction of sp³-hybridized carbons (Fsp3) is 0.278. The molecule has 2 aromatic rings. The van der Waals surface area contributed by atoms with Crippen LogP contribution in [0.15, 0.2) is 41.4 Å². The minimum Gasteiger partial charge on any atom is -0.497 e. The summed E-state index contributed by atoms with van der Waals surface area (Å²) in [7, 11) is 6.73. The molecular weight excluding hydrogens is 323 g/mol. The fourth-order valence-corrected chi connectivity index (χ4v) is 2.28. The third-order valence-electron chi connectivity index (χ3n) is 3.60. The zero-order valence-electron chi connectivity index (χ0n) is 14.8. The van der Waals surface area contributed by atoms with E-state index in [1.165, 1.54) is 6.07 Å². The monoisotopic (exact) mass is 346 g/mol. The van der Waals surface area contributed by atoms with Gasteiger partial charge in [0.1, 0.15) is 17.3 Å². The number of methoxy groups -OCH3 is 2. The predicted molar refractivity (Wildman–Crippen MR) is 99.2 cm³/mol. The molecule has 0 radical (unpaired) electrons. The van der Waals surface area contributed by atoms with Crippen molar-refractivity contribution in [3.05, 3.63) is 47.8 Å². The van der Waals surface area contributed by atoms with Crippen LogP contribution in [0.5, 0.6) is 11.5 Å². The molecule has 0 fully saturated rings. The Morgan fingerprint density at radius 2 is 1.92 bits per heavy atom. The summed E-state index contributed by atoms with van der Waals surface area (Å²) in [6, 6.07) is 10.3. The summed E-state index contributed by atoms with van der Waals surface area (Å²) in [5.74, 6) is 1.18. The Labute approximate surface area is 147 Å². The number of anilines is 2. The fourth-order valence-electron chi connectivity index (χ4n) is 2.28. The van der Waals surface area contributed by atoms with E-state index in [2.05, 4.69) is 10.3 Å².